The van der Waals surface area contributed by atoms with Gasteiger partial charge >= 0.3 is 0 Å². The lowest BCUT2D eigenvalue weighted by atomic mass is 9.43. The van der Waals surface area contributed by atoms with E-state index in [0.717, 1.165) is 5.92 Å². The monoisotopic (exact) mass is 247 g/mol. The number of tetrazole rings is 1. The van der Waals surface area contributed by atoms with Gasteiger partial charge in [-0.3, -0.25) is 0 Å². The molecule has 2 unspecified atom stereocenters. The van der Waals surface area contributed by atoms with E-state index in [1.807, 2.05) is 4.68 Å². The van der Waals surface area contributed by atoms with Gasteiger partial charge in [0.25, 0.3) is 0 Å². The lowest BCUT2D eigenvalue weighted by molar-refractivity contribution is -0.139. The van der Waals surface area contributed by atoms with Crippen molar-refractivity contribution in [1.29, 1.82) is 0 Å². The SMILES string of the molecule is CC12CC3CC(C)(C1)CC(n1nnnc1N)(C3)C2. The average molecular weight is 247 g/mol. The lowest BCUT2D eigenvalue weighted by Crippen LogP contribution is -2.59. The number of nitrogens with two attached hydrogens (primary N) is 1. The third-order valence-electron chi connectivity index (χ3n) is 5.54. The molecule has 0 amide bonds. The van der Waals surface area contributed by atoms with Crippen LogP contribution >= 0.6 is 0 Å². The molecule has 2 atom stereocenters. The third kappa shape index (κ3) is 1.25. The first kappa shape index (κ1) is 10.8. The molecule has 5 rings (SSSR count). The fourth-order valence-corrected chi connectivity index (χ4v) is 6.16. The van der Waals surface area contributed by atoms with Crippen LogP contribution in [0.2, 0.25) is 0 Å². The topological polar surface area (TPSA) is 69.6 Å². The van der Waals surface area contributed by atoms with Crippen LogP contribution in [-0.4, -0.2) is 20.2 Å². The van der Waals surface area contributed by atoms with Crippen molar-refractivity contribution in [2.24, 2.45) is 16.7 Å². The Morgan fingerprint density at radius 3 is 2.28 bits per heavy atom. The molecule has 4 saturated carbocycles. The minimum Gasteiger partial charge on any atom is -0.367 e. The minimum absolute atomic E-state index is 0.0938. The standard InChI is InChI=1S/C13H21N5/c1-11-3-9-4-12(2,6-11)8-13(5-9,7-11)18-10(14)15-16-17-18/h9H,3-8H2,1-2H3,(H2,14,15,17). The van der Waals surface area contributed by atoms with Crippen LogP contribution in [0.5, 0.6) is 0 Å². The van der Waals surface area contributed by atoms with Crippen LogP contribution in [0.1, 0.15) is 52.4 Å². The molecule has 0 aliphatic heterocycles. The largest absolute Gasteiger partial charge is 0.367 e. The summed E-state index contributed by atoms with van der Waals surface area (Å²) in [5, 5.41) is 11.9. The second kappa shape index (κ2) is 2.89. The molecule has 18 heavy (non-hydrogen) atoms. The van der Waals surface area contributed by atoms with Crippen LogP contribution in [0.25, 0.3) is 0 Å². The third-order valence-corrected chi connectivity index (χ3v) is 5.54. The summed E-state index contributed by atoms with van der Waals surface area (Å²) >= 11 is 0. The molecular weight excluding hydrogens is 226 g/mol. The number of hydrogen-bond donors (Lipinski definition) is 1. The summed E-state index contributed by atoms with van der Waals surface area (Å²) in [5.74, 6) is 1.32. The van der Waals surface area contributed by atoms with Crippen LogP contribution in [-0.2, 0) is 5.54 Å². The van der Waals surface area contributed by atoms with E-state index in [1.54, 1.807) is 0 Å². The zero-order chi connectivity index (χ0) is 12.6. The summed E-state index contributed by atoms with van der Waals surface area (Å²) in [5.41, 5.74) is 7.00. The summed E-state index contributed by atoms with van der Waals surface area (Å²) in [6, 6.07) is 0. The molecule has 0 radical (unpaired) electrons. The highest BCUT2D eigenvalue weighted by molar-refractivity contribution is 5.20. The fourth-order valence-electron chi connectivity index (χ4n) is 6.16. The normalized spacial score (nSPS) is 49.8. The predicted molar refractivity (Wildman–Crippen MR) is 67.6 cm³/mol. The van der Waals surface area contributed by atoms with Gasteiger partial charge < -0.3 is 5.73 Å². The number of hydrogen-bond acceptors (Lipinski definition) is 4. The molecule has 1 aromatic rings. The molecule has 0 spiro atoms. The Hall–Kier alpha value is -1.13. The zero-order valence-corrected chi connectivity index (χ0v) is 11.2. The summed E-state index contributed by atoms with van der Waals surface area (Å²) in [6.07, 6.45) is 7.73. The molecule has 4 aliphatic rings. The maximum Gasteiger partial charge on any atom is 0.240 e. The Balaban J connectivity index is 1.85. The quantitative estimate of drug-likeness (QED) is 0.823. The molecule has 5 nitrogen and oxygen atoms in total. The van der Waals surface area contributed by atoms with Gasteiger partial charge in [0.1, 0.15) is 0 Å². The van der Waals surface area contributed by atoms with E-state index >= 15 is 0 Å². The van der Waals surface area contributed by atoms with E-state index in [2.05, 4.69) is 29.4 Å². The van der Waals surface area contributed by atoms with Gasteiger partial charge in [0.05, 0.1) is 5.54 Å². The van der Waals surface area contributed by atoms with Gasteiger partial charge in [-0.05, 0) is 65.7 Å². The number of nitrogen functional groups attached to an aromatic ring is 1. The number of anilines is 1. The van der Waals surface area contributed by atoms with Crippen molar-refractivity contribution in [3.63, 3.8) is 0 Å². The lowest BCUT2D eigenvalue weighted by Gasteiger charge is -2.64. The van der Waals surface area contributed by atoms with Crippen molar-refractivity contribution in [2.45, 2.75) is 57.9 Å². The molecule has 0 saturated heterocycles. The highest BCUT2D eigenvalue weighted by atomic mass is 15.6. The average Bonchev–Trinajstić information content (AvgIpc) is 2.58. The summed E-state index contributed by atoms with van der Waals surface area (Å²) < 4.78 is 1.94. The maximum atomic E-state index is 5.98. The van der Waals surface area contributed by atoms with Gasteiger partial charge in [-0.1, -0.05) is 18.9 Å². The van der Waals surface area contributed by atoms with E-state index in [9.17, 15) is 0 Å². The van der Waals surface area contributed by atoms with Gasteiger partial charge in [0.15, 0.2) is 0 Å². The molecule has 5 heteroatoms. The molecular formula is C13H21N5. The number of rotatable bonds is 1. The molecule has 4 fully saturated rings. The number of aromatic nitrogens is 4. The van der Waals surface area contributed by atoms with Gasteiger partial charge in [-0.25, -0.2) is 4.68 Å². The summed E-state index contributed by atoms with van der Waals surface area (Å²) in [7, 11) is 0. The van der Waals surface area contributed by atoms with Gasteiger partial charge in [-0.15, -0.1) is 0 Å². The molecule has 2 N–H and O–H groups in total. The van der Waals surface area contributed by atoms with Crippen LogP contribution in [0, 0.1) is 16.7 Å². The van der Waals surface area contributed by atoms with E-state index in [-0.39, 0.29) is 5.54 Å². The van der Waals surface area contributed by atoms with E-state index in [4.69, 9.17) is 5.73 Å². The van der Waals surface area contributed by atoms with E-state index in [0.29, 0.717) is 16.8 Å². The van der Waals surface area contributed by atoms with Crippen molar-refractivity contribution in [3.05, 3.63) is 0 Å². The van der Waals surface area contributed by atoms with Gasteiger partial charge in [-0.2, -0.15) is 0 Å². The van der Waals surface area contributed by atoms with Crippen molar-refractivity contribution in [1.82, 2.24) is 20.2 Å². The second-order valence-electron chi connectivity index (χ2n) is 7.80. The van der Waals surface area contributed by atoms with Crippen molar-refractivity contribution in [3.8, 4) is 0 Å². The van der Waals surface area contributed by atoms with Crippen LogP contribution in [0.4, 0.5) is 5.95 Å². The van der Waals surface area contributed by atoms with Crippen LogP contribution in [0.3, 0.4) is 0 Å². The zero-order valence-electron chi connectivity index (χ0n) is 11.2. The molecule has 98 valence electrons. The molecule has 4 bridgehead atoms. The smallest absolute Gasteiger partial charge is 0.240 e. The first-order valence-electron chi connectivity index (χ1n) is 6.97. The Morgan fingerprint density at radius 1 is 1.11 bits per heavy atom. The molecule has 0 aromatic carbocycles. The van der Waals surface area contributed by atoms with E-state index in [1.165, 1.54) is 38.5 Å². The van der Waals surface area contributed by atoms with Crippen molar-refractivity contribution >= 4 is 5.95 Å². The number of nitrogens with zero attached hydrogens (tertiary/aromatic N) is 4. The highest BCUT2D eigenvalue weighted by Gasteiger charge is 2.61. The van der Waals surface area contributed by atoms with Gasteiger partial charge in [0, 0.05) is 0 Å². The summed E-state index contributed by atoms with van der Waals surface area (Å²) in [4.78, 5) is 0. The van der Waals surface area contributed by atoms with Crippen LogP contribution < -0.4 is 5.73 Å². The molecule has 1 heterocycles. The first-order valence-corrected chi connectivity index (χ1v) is 6.97. The summed E-state index contributed by atoms with van der Waals surface area (Å²) in [6.45, 7) is 4.90. The minimum atomic E-state index is 0.0938. The van der Waals surface area contributed by atoms with E-state index < -0.39 is 0 Å². The molecule has 4 aliphatic carbocycles. The van der Waals surface area contributed by atoms with Gasteiger partial charge in [0.2, 0.25) is 5.95 Å². The Morgan fingerprint density at radius 2 is 1.78 bits per heavy atom. The Labute approximate surface area is 107 Å². The molecule has 1 aromatic heterocycles. The van der Waals surface area contributed by atoms with Crippen LogP contribution in [0.15, 0.2) is 0 Å². The van der Waals surface area contributed by atoms with Crippen molar-refractivity contribution in [2.75, 3.05) is 5.73 Å². The maximum absolute atomic E-state index is 5.98. The second-order valence-corrected chi connectivity index (χ2v) is 7.80. The predicted octanol–water partition coefficient (Wildman–Crippen LogP) is 1.96. The first-order chi connectivity index (χ1) is 8.42. The Kier molecular flexibility index (Phi) is 1.73. The highest BCUT2D eigenvalue weighted by Crippen LogP contribution is 2.68. The Bertz CT molecular complexity index is 489. The van der Waals surface area contributed by atoms with Crippen molar-refractivity contribution < 1.29 is 0 Å². The fraction of sp³-hybridized carbons (Fsp3) is 0.923.